The van der Waals surface area contributed by atoms with Gasteiger partial charge in [-0.15, -0.1) is 0 Å². The number of fused-ring (bicyclic) bond motifs is 2. The molecule has 2 aromatic carbocycles. The molecule has 136 valence electrons. The molecular formula is C21H17NO5. The van der Waals surface area contributed by atoms with E-state index in [9.17, 15) is 9.90 Å². The van der Waals surface area contributed by atoms with Crippen LogP contribution in [0, 0.1) is 0 Å². The number of furan rings is 1. The van der Waals surface area contributed by atoms with Gasteiger partial charge in [0.25, 0.3) is 0 Å². The third kappa shape index (κ3) is 2.95. The fourth-order valence-electron chi connectivity index (χ4n) is 3.07. The maximum absolute atomic E-state index is 11.8. The van der Waals surface area contributed by atoms with E-state index in [4.69, 9.17) is 13.9 Å². The molecule has 0 bridgehead atoms. The number of aromatic nitrogens is 1. The number of hydrogen-bond acceptors (Lipinski definition) is 5. The van der Waals surface area contributed by atoms with E-state index in [-0.39, 0.29) is 5.56 Å². The van der Waals surface area contributed by atoms with E-state index in [0.717, 1.165) is 5.39 Å². The Morgan fingerprint density at radius 1 is 1.19 bits per heavy atom. The number of ether oxygens (including phenoxy) is 2. The maximum atomic E-state index is 11.8. The molecule has 6 nitrogen and oxygen atoms in total. The normalized spacial score (nSPS) is 11.0. The first-order valence-electron chi connectivity index (χ1n) is 8.48. The highest BCUT2D eigenvalue weighted by atomic mass is 16.5. The van der Waals surface area contributed by atoms with Crippen molar-refractivity contribution in [3.8, 4) is 23.0 Å². The summed E-state index contributed by atoms with van der Waals surface area (Å²) < 4.78 is 16.8. The quantitative estimate of drug-likeness (QED) is 0.551. The van der Waals surface area contributed by atoms with Gasteiger partial charge in [-0.05, 0) is 43.3 Å². The fourth-order valence-corrected chi connectivity index (χ4v) is 3.07. The monoisotopic (exact) mass is 363 g/mol. The number of benzene rings is 2. The molecule has 1 N–H and O–H groups in total. The lowest BCUT2D eigenvalue weighted by molar-refractivity contribution is 0.0699. The molecule has 4 rings (SSSR count). The Bertz CT molecular complexity index is 1160. The van der Waals surface area contributed by atoms with Crippen molar-refractivity contribution in [2.24, 2.45) is 0 Å². The van der Waals surface area contributed by atoms with Crippen LogP contribution in [-0.4, -0.2) is 29.8 Å². The van der Waals surface area contributed by atoms with E-state index in [0.29, 0.717) is 46.0 Å². The number of carboxylic acid groups (broad SMARTS) is 1. The molecule has 0 aliphatic heterocycles. The molecule has 0 unspecified atom stereocenters. The topological polar surface area (TPSA) is 81.8 Å². The van der Waals surface area contributed by atoms with E-state index in [2.05, 4.69) is 4.98 Å². The third-order valence-corrected chi connectivity index (χ3v) is 4.31. The number of aromatic carboxylic acids is 1. The maximum Gasteiger partial charge on any atom is 0.336 e. The van der Waals surface area contributed by atoms with Gasteiger partial charge in [-0.3, -0.25) is 0 Å². The molecule has 0 atom stereocenters. The lowest BCUT2D eigenvalue weighted by atomic mass is 10.1. The fraction of sp³-hybridized carbons (Fsp3) is 0.143. The first-order valence-corrected chi connectivity index (χ1v) is 8.48. The van der Waals surface area contributed by atoms with Crippen LogP contribution >= 0.6 is 0 Å². The van der Waals surface area contributed by atoms with E-state index in [1.54, 1.807) is 18.2 Å². The standard InChI is InChI=1S/C21H17NO5/c1-3-26-18-6-4-5-12-9-19(27-20(12)18)17-11-15(21(23)24)14-10-13(25-2)7-8-16(14)22-17/h4-11H,3H2,1-2H3,(H,23,24). The SMILES string of the molecule is CCOc1cccc2cc(-c3cc(C(=O)O)c4cc(OC)ccc4n3)oc12. The van der Waals surface area contributed by atoms with Crippen molar-refractivity contribution < 1.29 is 23.8 Å². The van der Waals surface area contributed by atoms with Crippen LogP contribution in [0.3, 0.4) is 0 Å². The molecule has 0 amide bonds. The van der Waals surface area contributed by atoms with Gasteiger partial charge in [0.15, 0.2) is 17.1 Å². The van der Waals surface area contributed by atoms with Crippen LogP contribution in [0.2, 0.25) is 0 Å². The van der Waals surface area contributed by atoms with Gasteiger partial charge in [0.1, 0.15) is 11.4 Å². The molecule has 0 spiro atoms. The highest BCUT2D eigenvalue weighted by Crippen LogP contribution is 2.34. The van der Waals surface area contributed by atoms with Gasteiger partial charge >= 0.3 is 5.97 Å². The van der Waals surface area contributed by atoms with Crippen molar-refractivity contribution >= 4 is 27.8 Å². The highest BCUT2D eigenvalue weighted by Gasteiger charge is 2.17. The molecule has 0 radical (unpaired) electrons. The van der Waals surface area contributed by atoms with E-state index < -0.39 is 5.97 Å². The molecular weight excluding hydrogens is 346 g/mol. The predicted molar refractivity (Wildman–Crippen MR) is 102 cm³/mol. The van der Waals surface area contributed by atoms with Crippen LogP contribution in [0.1, 0.15) is 17.3 Å². The van der Waals surface area contributed by atoms with Crippen LogP contribution < -0.4 is 9.47 Å². The van der Waals surface area contributed by atoms with E-state index in [1.807, 2.05) is 31.2 Å². The largest absolute Gasteiger partial charge is 0.497 e. The summed E-state index contributed by atoms with van der Waals surface area (Å²) in [7, 11) is 1.54. The number of hydrogen-bond donors (Lipinski definition) is 1. The molecule has 6 heteroatoms. The minimum Gasteiger partial charge on any atom is -0.497 e. The minimum atomic E-state index is -1.04. The molecule has 27 heavy (non-hydrogen) atoms. The highest BCUT2D eigenvalue weighted by molar-refractivity contribution is 6.04. The van der Waals surface area contributed by atoms with E-state index >= 15 is 0 Å². The lowest BCUT2D eigenvalue weighted by Gasteiger charge is -2.07. The van der Waals surface area contributed by atoms with Crippen molar-refractivity contribution in [3.05, 3.63) is 54.1 Å². The smallest absolute Gasteiger partial charge is 0.336 e. The van der Waals surface area contributed by atoms with Gasteiger partial charge < -0.3 is 19.0 Å². The number of para-hydroxylation sites is 1. The van der Waals surface area contributed by atoms with E-state index in [1.165, 1.54) is 13.2 Å². The molecule has 2 aromatic heterocycles. The molecule has 2 heterocycles. The first kappa shape index (κ1) is 16.9. The van der Waals surface area contributed by atoms with Crippen LogP contribution in [0.15, 0.2) is 52.9 Å². The zero-order valence-corrected chi connectivity index (χ0v) is 14.9. The summed E-state index contributed by atoms with van der Waals surface area (Å²) in [6.45, 7) is 2.43. The van der Waals surface area contributed by atoms with Crippen LogP contribution in [0.25, 0.3) is 33.3 Å². The number of methoxy groups -OCH3 is 1. The van der Waals surface area contributed by atoms with Crippen LogP contribution in [0.5, 0.6) is 11.5 Å². The predicted octanol–water partition coefficient (Wildman–Crippen LogP) is 4.75. The summed E-state index contributed by atoms with van der Waals surface area (Å²) >= 11 is 0. The summed E-state index contributed by atoms with van der Waals surface area (Å²) in [6.07, 6.45) is 0. The summed E-state index contributed by atoms with van der Waals surface area (Å²) in [5.41, 5.74) is 1.75. The van der Waals surface area contributed by atoms with Crippen molar-refractivity contribution in [3.63, 3.8) is 0 Å². The van der Waals surface area contributed by atoms with Gasteiger partial charge in [-0.25, -0.2) is 9.78 Å². The third-order valence-electron chi connectivity index (χ3n) is 4.31. The van der Waals surface area contributed by atoms with Crippen molar-refractivity contribution in [1.82, 2.24) is 4.98 Å². The second-order valence-electron chi connectivity index (χ2n) is 5.96. The summed E-state index contributed by atoms with van der Waals surface area (Å²) in [5, 5.41) is 11.0. The summed E-state index contributed by atoms with van der Waals surface area (Å²) in [6, 6.07) is 14.1. The van der Waals surface area contributed by atoms with Crippen LogP contribution in [0.4, 0.5) is 0 Å². The average Bonchev–Trinajstić information content (AvgIpc) is 3.12. The lowest BCUT2D eigenvalue weighted by Crippen LogP contribution is -2.00. The molecule has 4 aromatic rings. The number of pyridine rings is 1. The zero-order chi connectivity index (χ0) is 19.0. The van der Waals surface area contributed by atoms with Crippen molar-refractivity contribution in [2.45, 2.75) is 6.92 Å². The van der Waals surface area contributed by atoms with Gasteiger partial charge in [-0.2, -0.15) is 0 Å². The van der Waals surface area contributed by atoms with Gasteiger partial charge in [0.05, 0.1) is 24.8 Å². The second kappa shape index (κ2) is 6.64. The molecule has 0 aliphatic carbocycles. The second-order valence-corrected chi connectivity index (χ2v) is 5.96. The number of carboxylic acids is 1. The Morgan fingerprint density at radius 3 is 2.78 bits per heavy atom. The molecule has 0 aliphatic rings. The Hall–Kier alpha value is -3.54. The van der Waals surface area contributed by atoms with Crippen LogP contribution in [-0.2, 0) is 0 Å². The van der Waals surface area contributed by atoms with Crippen molar-refractivity contribution in [2.75, 3.05) is 13.7 Å². The summed E-state index contributed by atoms with van der Waals surface area (Å²) in [5.74, 6) is 0.662. The molecule has 0 saturated carbocycles. The van der Waals surface area contributed by atoms with Gasteiger partial charge in [0.2, 0.25) is 0 Å². The summed E-state index contributed by atoms with van der Waals surface area (Å²) in [4.78, 5) is 16.4. The van der Waals surface area contributed by atoms with Crippen molar-refractivity contribution in [1.29, 1.82) is 0 Å². The van der Waals surface area contributed by atoms with Gasteiger partial charge in [-0.1, -0.05) is 12.1 Å². The molecule has 0 fully saturated rings. The number of rotatable bonds is 5. The Morgan fingerprint density at radius 2 is 2.04 bits per heavy atom. The zero-order valence-electron chi connectivity index (χ0n) is 14.9. The Balaban J connectivity index is 1.92. The minimum absolute atomic E-state index is 0.138. The number of carbonyl (C=O) groups is 1. The average molecular weight is 363 g/mol. The number of nitrogens with zero attached hydrogens (tertiary/aromatic N) is 1. The Kier molecular flexibility index (Phi) is 4.16. The first-order chi connectivity index (χ1) is 13.1. The van der Waals surface area contributed by atoms with Gasteiger partial charge in [0, 0.05) is 10.8 Å². The Labute approximate surface area is 155 Å². The molecule has 0 saturated heterocycles.